The third kappa shape index (κ3) is 3.93. The maximum Gasteiger partial charge on any atom is 0.274 e. The van der Waals surface area contributed by atoms with Gasteiger partial charge in [0.1, 0.15) is 11.5 Å². The molecule has 2 N–H and O–H groups in total. The summed E-state index contributed by atoms with van der Waals surface area (Å²) in [5, 5.41) is 7.21. The molecular formula is C22H32N6O2. The number of H-pyrrole nitrogens is 2. The highest BCUT2D eigenvalue weighted by Crippen LogP contribution is 2.31. The van der Waals surface area contributed by atoms with Crippen molar-refractivity contribution >= 4 is 5.91 Å². The maximum atomic E-state index is 13.2. The van der Waals surface area contributed by atoms with Crippen molar-refractivity contribution in [2.24, 2.45) is 0 Å². The van der Waals surface area contributed by atoms with Crippen LogP contribution < -0.4 is 5.56 Å². The average molecular weight is 413 g/mol. The molecule has 1 saturated heterocycles. The predicted molar refractivity (Wildman–Crippen MR) is 114 cm³/mol. The van der Waals surface area contributed by atoms with E-state index in [0.717, 1.165) is 49.2 Å². The van der Waals surface area contributed by atoms with Crippen LogP contribution in [0.3, 0.4) is 0 Å². The first kappa shape index (κ1) is 20.8. The van der Waals surface area contributed by atoms with Gasteiger partial charge in [0.25, 0.3) is 11.5 Å². The Bertz CT molecular complexity index is 976. The van der Waals surface area contributed by atoms with Gasteiger partial charge in [-0.25, -0.2) is 4.98 Å². The van der Waals surface area contributed by atoms with Gasteiger partial charge in [0.15, 0.2) is 0 Å². The first-order valence-electron chi connectivity index (χ1n) is 11.1. The Hall–Kier alpha value is -2.48. The Morgan fingerprint density at radius 1 is 1.20 bits per heavy atom. The van der Waals surface area contributed by atoms with Crippen LogP contribution >= 0.6 is 0 Å². The van der Waals surface area contributed by atoms with Crippen molar-refractivity contribution < 1.29 is 4.79 Å². The molecule has 0 spiro atoms. The van der Waals surface area contributed by atoms with Gasteiger partial charge in [-0.3, -0.25) is 19.6 Å². The van der Waals surface area contributed by atoms with Gasteiger partial charge < -0.3 is 9.88 Å². The van der Waals surface area contributed by atoms with Gasteiger partial charge in [0, 0.05) is 37.8 Å². The third-order valence-electron chi connectivity index (χ3n) is 6.36. The second-order valence-corrected chi connectivity index (χ2v) is 9.06. The van der Waals surface area contributed by atoms with Crippen LogP contribution in [0.2, 0.25) is 0 Å². The van der Waals surface area contributed by atoms with E-state index in [9.17, 15) is 9.59 Å². The minimum atomic E-state index is -0.216. The molecule has 30 heavy (non-hydrogen) atoms. The van der Waals surface area contributed by atoms with E-state index in [1.807, 2.05) is 11.0 Å². The molecule has 162 valence electrons. The molecule has 1 atom stereocenters. The van der Waals surface area contributed by atoms with E-state index in [4.69, 9.17) is 4.98 Å². The van der Waals surface area contributed by atoms with E-state index in [1.54, 1.807) is 0 Å². The fourth-order valence-corrected chi connectivity index (χ4v) is 4.41. The van der Waals surface area contributed by atoms with E-state index in [2.05, 4.69) is 47.8 Å². The number of rotatable bonds is 4. The van der Waals surface area contributed by atoms with Crippen LogP contribution in [0.15, 0.2) is 10.9 Å². The number of amides is 1. The average Bonchev–Trinajstić information content (AvgIpc) is 3.23. The minimum Gasteiger partial charge on any atom is -0.327 e. The SMILES string of the molecule is CC(C)c1cc(C(=O)N2CCCC[C@@H]2c2nc3c(c(=O)[nH]2)CN(C(C)C)CC3)n[nH]1. The van der Waals surface area contributed by atoms with E-state index >= 15 is 0 Å². The van der Waals surface area contributed by atoms with Crippen LogP contribution in [0.4, 0.5) is 0 Å². The van der Waals surface area contributed by atoms with Crippen molar-refractivity contribution in [3.05, 3.63) is 44.9 Å². The van der Waals surface area contributed by atoms with E-state index < -0.39 is 0 Å². The van der Waals surface area contributed by atoms with Gasteiger partial charge in [0.2, 0.25) is 0 Å². The number of fused-ring (bicyclic) bond motifs is 1. The molecule has 0 saturated carbocycles. The number of nitrogens with one attached hydrogen (secondary N) is 2. The molecule has 4 heterocycles. The summed E-state index contributed by atoms with van der Waals surface area (Å²) in [6, 6.07) is 2.02. The highest BCUT2D eigenvalue weighted by Gasteiger charge is 2.33. The van der Waals surface area contributed by atoms with E-state index in [1.165, 1.54) is 0 Å². The number of aromatic amines is 2. The van der Waals surface area contributed by atoms with E-state index in [-0.39, 0.29) is 23.4 Å². The summed E-state index contributed by atoms with van der Waals surface area (Å²) in [6.07, 6.45) is 3.52. The summed E-state index contributed by atoms with van der Waals surface area (Å²) in [4.78, 5) is 38.1. The molecule has 1 amide bonds. The monoisotopic (exact) mass is 412 g/mol. The smallest absolute Gasteiger partial charge is 0.274 e. The standard InChI is InChI=1S/C22H32N6O2/c1-13(2)17-11-18(26-25-17)22(30)28-9-6-5-7-19(28)20-23-16-8-10-27(14(3)4)12-15(16)21(29)24-20/h11,13-14,19H,5-10,12H2,1-4H3,(H,25,26)(H,23,24,29)/t19-/m1/s1. The predicted octanol–water partition coefficient (Wildman–Crippen LogP) is 2.75. The van der Waals surface area contributed by atoms with Crippen LogP contribution in [0.25, 0.3) is 0 Å². The van der Waals surface area contributed by atoms with Gasteiger partial charge in [-0.15, -0.1) is 0 Å². The zero-order chi connectivity index (χ0) is 21.4. The molecular weight excluding hydrogens is 380 g/mol. The minimum absolute atomic E-state index is 0.0693. The number of carbonyl (C=O) groups excluding carboxylic acids is 1. The number of likely N-dealkylation sites (tertiary alicyclic amines) is 1. The number of nitrogens with zero attached hydrogens (tertiary/aromatic N) is 4. The lowest BCUT2D eigenvalue weighted by molar-refractivity contribution is 0.0592. The quantitative estimate of drug-likeness (QED) is 0.805. The van der Waals surface area contributed by atoms with Crippen LogP contribution in [0, 0.1) is 0 Å². The fourth-order valence-electron chi connectivity index (χ4n) is 4.41. The topological polar surface area (TPSA) is 98.0 Å². The summed E-state index contributed by atoms with van der Waals surface area (Å²) < 4.78 is 0. The highest BCUT2D eigenvalue weighted by atomic mass is 16.2. The van der Waals surface area contributed by atoms with Crippen molar-refractivity contribution in [2.75, 3.05) is 13.1 Å². The second-order valence-electron chi connectivity index (χ2n) is 9.06. The summed E-state index contributed by atoms with van der Waals surface area (Å²) >= 11 is 0. The largest absolute Gasteiger partial charge is 0.327 e. The summed E-state index contributed by atoms with van der Waals surface area (Å²) in [7, 11) is 0. The molecule has 0 bridgehead atoms. The van der Waals surface area contributed by atoms with Crippen LogP contribution in [0.1, 0.15) is 92.2 Å². The van der Waals surface area contributed by atoms with Gasteiger partial charge in [-0.1, -0.05) is 13.8 Å². The number of carbonyl (C=O) groups is 1. The molecule has 2 aliphatic heterocycles. The Labute approximate surface area is 177 Å². The van der Waals surface area contributed by atoms with Gasteiger partial charge in [0.05, 0.1) is 17.3 Å². The van der Waals surface area contributed by atoms with Crippen molar-refractivity contribution in [3.8, 4) is 0 Å². The van der Waals surface area contributed by atoms with Crippen molar-refractivity contribution in [1.82, 2.24) is 30.0 Å². The van der Waals surface area contributed by atoms with Crippen molar-refractivity contribution in [3.63, 3.8) is 0 Å². The molecule has 4 rings (SSSR count). The molecule has 0 unspecified atom stereocenters. The van der Waals surface area contributed by atoms with Crippen molar-refractivity contribution in [2.45, 2.75) is 77.9 Å². The van der Waals surface area contributed by atoms with Gasteiger partial charge in [-0.2, -0.15) is 5.10 Å². The molecule has 2 aromatic rings. The van der Waals surface area contributed by atoms with Gasteiger partial charge >= 0.3 is 0 Å². The van der Waals surface area contributed by atoms with E-state index in [0.29, 0.717) is 30.6 Å². The summed E-state index contributed by atoms with van der Waals surface area (Å²) in [5.41, 5.74) is 2.95. The maximum absolute atomic E-state index is 13.2. The fraction of sp³-hybridized carbons (Fsp3) is 0.636. The van der Waals surface area contributed by atoms with Crippen LogP contribution in [0.5, 0.6) is 0 Å². The lowest BCUT2D eigenvalue weighted by Gasteiger charge is -2.35. The number of hydrogen-bond acceptors (Lipinski definition) is 5. The Morgan fingerprint density at radius 2 is 2.00 bits per heavy atom. The molecule has 2 aromatic heterocycles. The zero-order valence-corrected chi connectivity index (χ0v) is 18.4. The lowest BCUT2D eigenvalue weighted by atomic mass is 9.99. The molecule has 0 aromatic carbocycles. The number of hydrogen-bond donors (Lipinski definition) is 2. The normalized spacial score (nSPS) is 20.1. The molecule has 0 radical (unpaired) electrons. The third-order valence-corrected chi connectivity index (χ3v) is 6.36. The Morgan fingerprint density at radius 3 is 2.70 bits per heavy atom. The number of piperidine rings is 1. The Balaban J connectivity index is 1.62. The molecule has 0 aliphatic carbocycles. The first-order chi connectivity index (χ1) is 14.3. The molecule has 1 fully saturated rings. The van der Waals surface area contributed by atoms with Crippen LogP contribution in [-0.4, -0.2) is 55.0 Å². The molecule has 8 heteroatoms. The van der Waals surface area contributed by atoms with Gasteiger partial charge in [-0.05, 0) is 45.1 Å². The van der Waals surface area contributed by atoms with Crippen molar-refractivity contribution in [1.29, 1.82) is 0 Å². The molecule has 8 nitrogen and oxygen atoms in total. The summed E-state index contributed by atoms with van der Waals surface area (Å²) in [6.45, 7) is 10.6. The Kier molecular flexibility index (Phi) is 5.77. The number of aromatic nitrogens is 4. The summed E-state index contributed by atoms with van der Waals surface area (Å²) in [5.74, 6) is 0.791. The second kappa shape index (κ2) is 8.34. The van der Waals surface area contributed by atoms with Crippen LogP contribution in [-0.2, 0) is 13.0 Å². The molecule has 2 aliphatic rings. The lowest BCUT2D eigenvalue weighted by Crippen LogP contribution is -2.42. The first-order valence-corrected chi connectivity index (χ1v) is 11.1. The highest BCUT2D eigenvalue weighted by molar-refractivity contribution is 5.92. The zero-order valence-electron chi connectivity index (χ0n) is 18.4.